The Hall–Kier alpha value is -0.690. The molecule has 0 saturated heterocycles. The van der Waals surface area contributed by atoms with Crippen LogP contribution in [0.3, 0.4) is 0 Å². The van der Waals surface area contributed by atoms with Crippen molar-refractivity contribution in [3.63, 3.8) is 0 Å². The fourth-order valence-corrected chi connectivity index (χ4v) is 0.971. The van der Waals surface area contributed by atoms with Crippen LogP contribution in [-0.4, -0.2) is 5.75 Å². The van der Waals surface area contributed by atoms with Crippen LogP contribution < -0.4 is 0 Å². The summed E-state index contributed by atoms with van der Waals surface area (Å²) in [6, 6.07) is 10.3. The SMILES string of the molecule is C/C(=C\c1ccccc1)CS. The second-order valence-corrected chi connectivity index (χ2v) is 2.88. The van der Waals surface area contributed by atoms with E-state index < -0.39 is 0 Å². The quantitative estimate of drug-likeness (QED) is 0.638. The maximum Gasteiger partial charge on any atom is 0.0113 e. The van der Waals surface area contributed by atoms with Crippen LogP contribution in [0.4, 0.5) is 0 Å². The Labute approximate surface area is 73.4 Å². The van der Waals surface area contributed by atoms with Gasteiger partial charge in [-0.15, -0.1) is 0 Å². The monoisotopic (exact) mass is 164 g/mol. The van der Waals surface area contributed by atoms with E-state index in [2.05, 4.69) is 37.8 Å². The maximum atomic E-state index is 4.18. The molecule has 0 spiro atoms. The Morgan fingerprint density at radius 3 is 2.55 bits per heavy atom. The number of benzene rings is 1. The van der Waals surface area contributed by atoms with E-state index in [1.165, 1.54) is 11.1 Å². The van der Waals surface area contributed by atoms with Crippen molar-refractivity contribution < 1.29 is 0 Å². The Morgan fingerprint density at radius 2 is 2.00 bits per heavy atom. The highest BCUT2D eigenvalue weighted by Crippen LogP contribution is 2.06. The molecule has 0 radical (unpaired) electrons. The van der Waals surface area contributed by atoms with Crippen LogP contribution >= 0.6 is 12.6 Å². The van der Waals surface area contributed by atoms with Crippen molar-refractivity contribution in [1.29, 1.82) is 0 Å². The molecule has 0 aliphatic carbocycles. The van der Waals surface area contributed by atoms with Crippen LogP contribution in [0.1, 0.15) is 12.5 Å². The van der Waals surface area contributed by atoms with Crippen LogP contribution in [0, 0.1) is 0 Å². The second kappa shape index (κ2) is 4.24. The van der Waals surface area contributed by atoms with Gasteiger partial charge in [0.2, 0.25) is 0 Å². The van der Waals surface area contributed by atoms with Gasteiger partial charge in [-0.25, -0.2) is 0 Å². The molecule has 0 aromatic heterocycles. The largest absolute Gasteiger partial charge is 0.175 e. The van der Waals surface area contributed by atoms with Crippen LogP contribution in [-0.2, 0) is 0 Å². The highest BCUT2D eigenvalue weighted by molar-refractivity contribution is 7.80. The summed E-state index contributed by atoms with van der Waals surface area (Å²) >= 11 is 4.18. The van der Waals surface area contributed by atoms with Crippen molar-refractivity contribution in [2.45, 2.75) is 6.92 Å². The molecule has 0 heterocycles. The highest BCUT2D eigenvalue weighted by Gasteiger charge is 1.86. The molecule has 1 heteroatoms. The zero-order valence-electron chi connectivity index (χ0n) is 6.62. The molecule has 0 amide bonds. The van der Waals surface area contributed by atoms with Gasteiger partial charge in [-0.3, -0.25) is 0 Å². The number of hydrogen-bond acceptors (Lipinski definition) is 1. The molecule has 0 unspecified atom stereocenters. The average molecular weight is 164 g/mol. The van der Waals surface area contributed by atoms with Crippen molar-refractivity contribution in [3.05, 3.63) is 41.5 Å². The van der Waals surface area contributed by atoms with E-state index in [9.17, 15) is 0 Å². The normalized spacial score (nSPS) is 11.6. The number of hydrogen-bond donors (Lipinski definition) is 1. The van der Waals surface area contributed by atoms with Crippen molar-refractivity contribution in [2.24, 2.45) is 0 Å². The molecule has 0 saturated carbocycles. The first-order chi connectivity index (χ1) is 5.33. The molecular formula is C10H12S. The van der Waals surface area contributed by atoms with E-state index in [0.29, 0.717) is 0 Å². The predicted octanol–water partition coefficient (Wildman–Crippen LogP) is 3.02. The van der Waals surface area contributed by atoms with E-state index in [1.807, 2.05) is 18.2 Å². The lowest BCUT2D eigenvalue weighted by atomic mass is 10.1. The molecule has 0 bridgehead atoms. The van der Waals surface area contributed by atoms with Gasteiger partial charge in [0.15, 0.2) is 0 Å². The fraction of sp³-hybridized carbons (Fsp3) is 0.200. The predicted molar refractivity (Wildman–Crippen MR) is 53.9 cm³/mol. The minimum Gasteiger partial charge on any atom is -0.175 e. The second-order valence-electron chi connectivity index (χ2n) is 2.56. The van der Waals surface area contributed by atoms with E-state index in [1.54, 1.807) is 0 Å². The van der Waals surface area contributed by atoms with Gasteiger partial charge in [-0.2, -0.15) is 12.6 Å². The Balaban J connectivity index is 2.79. The fourth-order valence-electron chi connectivity index (χ4n) is 0.879. The lowest BCUT2D eigenvalue weighted by molar-refractivity contribution is 1.44. The molecule has 11 heavy (non-hydrogen) atoms. The summed E-state index contributed by atoms with van der Waals surface area (Å²) in [5.74, 6) is 0.828. The molecule has 0 N–H and O–H groups in total. The third-order valence-corrected chi connectivity index (χ3v) is 1.96. The van der Waals surface area contributed by atoms with Gasteiger partial charge in [0, 0.05) is 5.75 Å². The third-order valence-electron chi connectivity index (χ3n) is 1.46. The first-order valence-electron chi connectivity index (χ1n) is 3.66. The molecule has 0 nitrogen and oxygen atoms in total. The lowest BCUT2D eigenvalue weighted by Crippen LogP contribution is -1.76. The van der Waals surface area contributed by atoms with Gasteiger partial charge in [-0.1, -0.05) is 42.0 Å². The van der Waals surface area contributed by atoms with E-state index in [4.69, 9.17) is 0 Å². The van der Waals surface area contributed by atoms with Gasteiger partial charge in [0.25, 0.3) is 0 Å². The van der Waals surface area contributed by atoms with Gasteiger partial charge in [0.1, 0.15) is 0 Å². The summed E-state index contributed by atoms with van der Waals surface area (Å²) in [6.07, 6.45) is 2.15. The molecule has 0 atom stereocenters. The van der Waals surface area contributed by atoms with Crippen molar-refractivity contribution >= 4 is 18.7 Å². The van der Waals surface area contributed by atoms with Gasteiger partial charge in [-0.05, 0) is 12.5 Å². The third kappa shape index (κ3) is 2.81. The topological polar surface area (TPSA) is 0 Å². The van der Waals surface area contributed by atoms with Crippen LogP contribution in [0.25, 0.3) is 6.08 Å². The zero-order valence-corrected chi connectivity index (χ0v) is 7.51. The molecule has 58 valence electrons. The summed E-state index contributed by atoms with van der Waals surface area (Å²) in [4.78, 5) is 0. The van der Waals surface area contributed by atoms with Crippen LogP contribution in [0.15, 0.2) is 35.9 Å². The molecule has 1 aromatic rings. The first kappa shape index (κ1) is 8.41. The van der Waals surface area contributed by atoms with E-state index in [0.717, 1.165) is 5.75 Å². The maximum absolute atomic E-state index is 4.18. The molecule has 0 aliphatic heterocycles. The minimum atomic E-state index is 0.828. The van der Waals surface area contributed by atoms with Crippen molar-refractivity contribution in [2.75, 3.05) is 5.75 Å². The smallest absolute Gasteiger partial charge is 0.0113 e. The van der Waals surface area contributed by atoms with E-state index in [-0.39, 0.29) is 0 Å². The van der Waals surface area contributed by atoms with Crippen LogP contribution in [0.2, 0.25) is 0 Å². The Morgan fingerprint density at radius 1 is 1.36 bits per heavy atom. The van der Waals surface area contributed by atoms with Gasteiger partial charge < -0.3 is 0 Å². The molecule has 0 fully saturated rings. The summed E-state index contributed by atoms with van der Waals surface area (Å²) in [7, 11) is 0. The summed E-state index contributed by atoms with van der Waals surface area (Å²) in [5.41, 5.74) is 2.54. The Kier molecular flexibility index (Phi) is 3.24. The summed E-state index contributed by atoms with van der Waals surface area (Å²) in [6.45, 7) is 2.08. The minimum absolute atomic E-state index is 0.828. The number of rotatable bonds is 2. The first-order valence-corrected chi connectivity index (χ1v) is 4.29. The number of thiol groups is 1. The molecular weight excluding hydrogens is 152 g/mol. The van der Waals surface area contributed by atoms with Crippen molar-refractivity contribution in [3.8, 4) is 0 Å². The van der Waals surface area contributed by atoms with Crippen LogP contribution in [0.5, 0.6) is 0 Å². The van der Waals surface area contributed by atoms with Crippen molar-refractivity contribution in [1.82, 2.24) is 0 Å². The summed E-state index contributed by atoms with van der Waals surface area (Å²) < 4.78 is 0. The van der Waals surface area contributed by atoms with Gasteiger partial charge in [0.05, 0.1) is 0 Å². The average Bonchev–Trinajstić information content (AvgIpc) is 2.06. The Bertz CT molecular complexity index is 236. The molecule has 1 rings (SSSR count). The van der Waals surface area contributed by atoms with Gasteiger partial charge >= 0.3 is 0 Å². The summed E-state index contributed by atoms with van der Waals surface area (Å²) in [5, 5.41) is 0. The van der Waals surface area contributed by atoms with E-state index >= 15 is 0 Å². The molecule has 1 aromatic carbocycles. The molecule has 0 aliphatic rings. The standard InChI is InChI=1S/C10H12S/c1-9(8-11)7-10-5-3-2-4-6-10/h2-7,11H,8H2,1H3/b9-7+. The zero-order chi connectivity index (χ0) is 8.10. The lowest BCUT2D eigenvalue weighted by Gasteiger charge is -1.94. The highest BCUT2D eigenvalue weighted by atomic mass is 32.1.